The number of nitrogens with one attached hydrogen (secondary N) is 1. The highest BCUT2D eigenvalue weighted by Crippen LogP contribution is 2.40. The van der Waals surface area contributed by atoms with Gasteiger partial charge in [-0.05, 0) is 41.0 Å². The zero-order valence-corrected chi connectivity index (χ0v) is 15.2. The molecule has 0 unspecified atom stereocenters. The van der Waals surface area contributed by atoms with Crippen LogP contribution >= 0.6 is 0 Å². The van der Waals surface area contributed by atoms with Crippen LogP contribution < -0.4 is 5.56 Å². The number of aromatic amines is 1. The van der Waals surface area contributed by atoms with Crippen molar-refractivity contribution in [2.24, 2.45) is 0 Å². The van der Waals surface area contributed by atoms with Crippen LogP contribution in [0.4, 0.5) is 17.6 Å². The molecule has 28 heavy (non-hydrogen) atoms. The second-order valence-electron chi connectivity index (χ2n) is 6.10. The summed E-state index contributed by atoms with van der Waals surface area (Å²) in [6.45, 7) is 0. The molecule has 4 nitrogen and oxygen atoms in total. The zero-order chi connectivity index (χ0) is 20.7. The van der Waals surface area contributed by atoms with Crippen LogP contribution in [0.5, 0.6) is 0 Å². The summed E-state index contributed by atoms with van der Waals surface area (Å²) in [5.41, 5.74) is -2.37. The van der Waals surface area contributed by atoms with Crippen molar-refractivity contribution < 1.29 is 26.0 Å². The number of H-pyrrole nitrogens is 1. The van der Waals surface area contributed by atoms with Gasteiger partial charge in [-0.25, -0.2) is 12.8 Å². The zero-order valence-electron chi connectivity index (χ0n) is 14.3. The quantitative estimate of drug-likeness (QED) is 0.655. The van der Waals surface area contributed by atoms with Crippen LogP contribution in [0.2, 0.25) is 0 Å². The van der Waals surface area contributed by atoms with Gasteiger partial charge in [0.25, 0.3) is 0 Å². The van der Waals surface area contributed by atoms with E-state index in [2.05, 4.69) is 0 Å². The Labute approximate surface area is 157 Å². The lowest BCUT2D eigenvalue weighted by molar-refractivity contribution is -0.140. The molecule has 0 radical (unpaired) electrons. The minimum absolute atomic E-state index is 0.0135. The molecular formula is C19H13F4NO3S. The van der Waals surface area contributed by atoms with Gasteiger partial charge in [-0.2, -0.15) is 13.2 Å². The third kappa shape index (κ3) is 3.99. The molecule has 1 aromatic heterocycles. The van der Waals surface area contributed by atoms with Crippen LogP contribution in [0.1, 0.15) is 5.69 Å². The molecule has 0 bridgehead atoms. The lowest BCUT2D eigenvalue weighted by atomic mass is 9.93. The molecule has 0 amide bonds. The van der Waals surface area contributed by atoms with E-state index in [1.54, 1.807) is 4.98 Å². The van der Waals surface area contributed by atoms with Gasteiger partial charge in [0.15, 0.2) is 9.84 Å². The Bertz CT molecular complexity index is 1180. The second-order valence-corrected chi connectivity index (χ2v) is 8.11. The van der Waals surface area contributed by atoms with Gasteiger partial charge in [0, 0.05) is 17.9 Å². The summed E-state index contributed by atoms with van der Waals surface area (Å²) in [4.78, 5) is 13.7. The van der Waals surface area contributed by atoms with Crippen molar-refractivity contribution in [1.82, 2.24) is 4.98 Å². The summed E-state index contributed by atoms with van der Waals surface area (Å²) in [6, 6.07) is 10.5. The number of alkyl halides is 3. The average molecular weight is 411 g/mol. The summed E-state index contributed by atoms with van der Waals surface area (Å²) >= 11 is 0. The van der Waals surface area contributed by atoms with E-state index in [4.69, 9.17) is 0 Å². The third-order valence-corrected chi connectivity index (χ3v) is 5.18. The molecule has 0 saturated carbocycles. The van der Waals surface area contributed by atoms with Crippen molar-refractivity contribution in [3.05, 3.63) is 76.5 Å². The number of aromatic nitrogens is 1. The first-order valence-corrected chi connectivity index (χ1v) is 9.77. The molecular weight excluding hydrogens is 398 g/mol. The second kappa shape index (κ2) is 6.90. The number of halogens is 4. The normalized spacial score (nSPS) is 12.2. The number of rotatable bonds is 3. The van der Waals surface area contributed by atoms with Gasteiger partial charge in [0.05, 0.1) is 4.90 Å². The third-order valence-electron chi connectivity index (χ3n) is 4.05. The highest BCUT2D eigenvalue weighted by atomic mass is 32.2. The van der Waals surface area contributed by atoms with Crippen LogP contribution in [0.25, 0.3) is 22.3 Å². The van der Waals surface area contributed by atoms with Gasteiger partial charge in [-0.1, -0.05) is 24.3 Å². The van der Waals surface area contributed by atoms with Gasteiger partial charge in [-0.15, -0.1) is 0 Å². The molecule has 146 valence electrons. The Hall–Kier alpha value is -2.94. The molecule has 0 aliphatic rings. The van der Waals surface area contributed by atoms with Crippen molar-refractivity contribution >= 4 is 9.84 Å². The molecule has 0 spiro atoms. The summed E-state index contributed by atoms with van der Waals surface area (Å²) in [5.74, 6) is -0.624. The summed E-state index contributed by atoms with van der Waals surface area (Å²) in [6.07, 6.45) is -3.87. The number of hydrogen-bond donors (Lipinski definition) is 1. The Balaban J connectivity index is 2.33. The van der Waals surface area contributed by atoms with E-state index in [9.17, 15) is 30.8 Å². The molecule has 0 fully saturated rings. The van der Waals surface area contributed by atoms with Crippen LogP contribution in [0.3, 0.4) is 0 Å². The largest absolute Gasteiger partial charge is 0.431 e. The number of pyridine rings is 1. The van der Waals surface area contributed by atoms with Crippen molar-refractivity contribution in [3.63, 3.8) is 0 Å². The molecule has 1 heterocycles. The first kappa shape index (κ1) is 19.8. The Kier molecular flexibility index (Phi) is 4.88. The molecule has 3 aromatic rings. The molecule has 0 aliphatic heterocycles. The highest BCUT2D eigenvalue weighted by molar-refractivity contribution is 7.90. The van der Waals surface area contributed by atoms with E-state index >= 15 is 0 Å². The summed E-state index contributed by atoms with van der Waals surface area (Å²) < 4.78 is 77.2. The van der Waals surface area contributed by atoms with Crippen LogP contribution in [0.15, 0.2) is 64.3 Å². The standard InChI is InChI=1S/C19H13F4NO3S/c1-28(26,27)14-8-4-11(5-9-14)15-10-16(25)24-18(19(21,22)23)17(15)12-2-6-13(20)7-3-12/h2-10H,1H3,(H,24,25). The van der Waals surface area contributed by atoms with Gasteiger partial charge >= 0.3 is 6.18 Å². The van der Waals surface area contributed by atoms with Crippen molar-refractivity contribution in [2.45, 2.75) is 11.1 Å². The maximum Gasteiger partial charge on any atom is 0.431 e. The van der Waals surface area contributed by atoms with E-state index in [0.29, 0.717) is 0 Å². The predicted octanol–water partition coefficient (Wildman–Crippen LogP) is 4.27. The van der Waals surface area contributed by atoms with Gasteiger partial charge < -0.3 is 4.98 Å². The molecule has 0 atom stereocenters. The number of hydrogen-bond acceptors (Lipinski definition) is 3. The fourth-order valence-electron chi connectivity index (χ4n) is 2.80. The Morgan fingerprint density at radius 3 is 1.93 bits per heavy atom. The monoisotopic (exact) mass is 411 g/mol. The maximum absolute atomic E-state index is 13.6. The van der Waals surface area contributed by atoms with Crippen LogP contribution in [-0.4, -0.2) is 19.7 Å². The Morgan fingerprint density at radius 1 is 0.893 bits per heavy atom. The Morgan fingerprint density at radius 2 is 1.43 bits per heavy atom. The van der Waals surface area contributed by atoms with Gasteiger partial charge in [0.1, 0.15) is 11.5 Å². The van der Waals surface area contributed by atoms with E-state index in [1.807, 2.05) is 0 Å². The fourth-order valence-corrected chi connectivity index (χ4v) is 3.43. The predicted molar refractivity (Wildman–Crippen MR) is 96.0 cm³/mol. The minimum Gasteiger partial charge on any atom is -0.318 e. The van der Waals surface area contributed by atoms with Crippen LogP contribution in [-0.2, 0) is 16.0 Å². The average Bonchev–Trinajstić information content (AvgIpc) is 2.60. The van der Waals surface area contributed by atoms with Gasteiger partial charge in [-0.3, -0.25) is 4.79 Å². The van der Waals surface area contributed by atoms with Gasteiger partial charge in [0.2, 0.25) is 5.56 Å². The van der Waals surface area contributed by atoms with Crippen LogP contribution in [0, 0.1) is 5.82 Å². The minimum atomic E-state index is -4.87. The molecule has 1 N–H and O–H groups in total. The van der Waals surface area contributed by atoms with Crippen molar-refractivity contribution in [3.8, 4) is 22.3 Å². The number of sulfone groups is 1. The van der Waals surface area contributed by atoms with E-state index in [1.165, 1.54) is 36.4 Å². The van der Waals surface area contributed by atoms with E-state index in [0.717, 1.165) is 24.5 Å². The summed E-state index contributed by atoms with van der Waals surface area (Å²) in [5, 5.41) is 0. The lowest BCUT2D eigenvalue weighted by Gasteiger charge is -2.17. The van der Waals surface area contributed by atoms with Crippen molar-refractivity contribution in [2.75, 3.05) is 6.26 Å². The SMILES string of the molecule is CS(=O)(=O)c1ccc(-c2cc(=O)[nH]c(C(F)(F)F)c2-c2ccc(F)cc2)cc1. The lowest BCUT2D eigenvalue weighted by Crippen LogP contribution is -2.18. The molecule has 2 aromatic carbocycles. The van der Waals surface area contributed by atoms with Crippen molar-refractivity contribution in [1.29, 1.82) is 0 Å². The smallest absolute Gasteiger partial charge is 0.318 e. The molecule has 3 rings (SSSR count). The summed E-state index contributed by atoms with van der Waals surface area (Å²) in [7, 11) is -3.50. The topological polar surface area (TPSA) is 67.0 Å². The van der Waals surface area contributed by atoms with E-state index in [-0.39, 0.29) is 27.1 Å². The molecule has 0 aliphatic carbocycles. The first-order chi connectivity index (χ1) is 13.0. The highest BCUT2D eigenvalue weighted by Gasteiger charge is 2.36. The van der Waals surface area contributed by atoms with E-state index < -0.39 is 33.1 Å². The fraction of sp³-hybridized carbons (Fsp3) is 0.105. The molecule has 9 heteroatoms. The first-order valence-electron chi connectivity index (χ1n) is 7.88. The number of benzene rings is 2. The maximum atomic E-state index is 13.6. The molecule has 0 saturated heterocycles.